The Morgan fingerprint density at radius 1 is 1.47 bits per heavy atom. The van der Waals surface area contributed by atoms with E-state index < -0.39 is 11.0 Å². The molecule has 0 atom stereocenters. The first-order valence-corrected chi connectivity index (χ1v) is 5.69. The van der Waals surface area contributed by atoms with Gasteiger partial charge in [0.15, 0.2) is 0 Å². The van der Waals surface area contributed by atoms with Gasteiger partial charge in [0.25, 0.3) is 0 Å². The first-order chi connectivity index (χ1) is 7.64. The first-order valence-electron chi connectivity index (χ1n) is 5.69. The van der Waals surface area contributed by atoms with Crippen molar-refractivity contribution in [1.82, 2.24) is 15.1 Å². The van der Waals surface area contributed by atoms with E-state index in [0.29, 0.717) is 6.54 Å². The second kappa shape index (κ2) is 4.49. The van der Waals surface area contributed by atoms with Crippen molar-refractivity contribution in [2.75, 3.05) is 0 Å². The Morgan fingerprint density at radius 3 is 2.47 bits per heavy atom. The normalized spacial score (nSPS) is 12.6. The van der Waals surface area contributed by atoms with Gasteiger partial charge in [-0.15, -0.1) is 0 Å². The van der Waals surface area contributed by atoms with Gasteiger partial charge in [-0.1, -0.05) is 0 Å². The zero-order valence-corrected chi connectivity index (χ0v) is 11.2. The highest BCUT2D eigenvalue weighted by atomic mass is 16.2. The van der Waals surface area contributed by atoms with Crippen LogP contribution in [0.1, 0.15) is 33.3 Å². The van der Waals surface area contributed by atoms with Crippen molar-refractivity contribution < 1.29 is 4.79 Å². The molecule has 0 saturated heterocycles. The SMILES string of the molecule is Cn1cc(CNC(=O)C(C)(C)C(C)(C)N)cn1. The monoisotopic (exact) mass is 238 g/mol. The summed E-state index contributed by atoms with van der Waals surface area (Å²) in [6, 6.07) is 0. The summed E-state index contributed by atoms with van der Waals surface area (Å²) in [7, 11) is 1.85. The minimum atomic E-state index is -0.616. The third-order valence-electron chi connectivity index (χ3n) is 3.39. The Hall–Kier alpha value is -1.36. The molecule has 0 fully saturated rings. The van der Waals surface area contributed by atoms with Gasteiger partial charge in [0.2, 0.25) is 5.91 Å². The quantitative estimate of drug-likeness (QED) is 0.815. The maximum absolute atomic E-state index is 12.1. The number of hydrogen-bond acceptors (Lipinski definition) is 3. The van der Waals surface area contributed by atoms with Crippen molar-refractivity contribution in [3.8, 4) is 0 Å². The zero-order valence-electron chi connectivity index (χ0n) is 11.2. The average Bonchev–Trinajstić information content (AvgIpc) is 2.58. The largest absolute Gasteiger partial charge is 0.351 e. The van der Waals surface area contributed by atoms with Gasteiger partial charge in [-0.05, 0) is 27.7 Å². The highest BCUT2D eigenvalue weighted by molar-refractivity contribution is 5.83. The van der Waals surface area contributed by atoms with Gasteiger partial charge in [0.05, 0.1) is 11.6 Å². The lowest BCUT2D eigenvalue weighted by molar-refractivity contribution is -0.132. The van der Waals surface area contributed by atoms with Crippen LogP contribution in [-0.2, 0) is 18.4 Å². The fourth-order valence-electron chi connectivity index (χ4n) is 1.26. The molecule has 0 bridgehead atoms. The van der Waals surface area contributed by atoms with Crippen molar-refractivity contribution in [3.05, 3.63) is 18.0 Å². The summed E-state index contributed by atoms with van der Waals surface area (Å²) in [5.74, 6) is -0.0474. The molecule has 0 aliphatic heterocycles. The molecule has 0 aromatic carbocycles. The van der Waals surface area contributed by atoms with E-state index in [2.05, 4.69) is 10.4 Å². The van der Waals surface area contributed by atoms with Crippen LogP contribution in [0.3, 0.4) is 0 Å². The van der Waals surface area contributed by atoms with E-state index in [4.69, 9.17) is 5.73 Å². The third-order valence-corrected chi connectivity index (χ3v) is 3.39. The Bertz CT molecular complexity index is 401. The minimum absolute atomic E-state index is 0.0474. The highest BCUT2D eigenvalue weighted by Crippen LogP contribution is 2.28. The van der Waals surface area contributed by atoms with Crippen LogP contribution in [0.5, 0.6) is 0 Å². The van der Waals surface area contributed by atoms with Gasteiger partial charge in [-0.3, -0.25) is 9.48 Å². The molecular formula is C12H22N4O. The van der Waals surface area contributed by atoms with E-state index in [9.17, 15) is 4.79 Å². The number of carbonyl (C=O) groups excluding carboxylic acids is 1. The lowest BCUT2D eigenvalue weighted by Gasteiger charge is -2.36. The van der Waals surface area contributed by atoms with Crippen LogP contribution in [0.15, 0.2) is 12.4 Å². The number of nitrogens with zero attached hydrogens (tertiary/aromatic N) is 2. The van der Waals surface area contributed by atoms with Crippen LogP contribution in [-0.4, -0.2) is 21.2 Å². The Balaban J connectivity index is 2.61. The Morgan fingerprint density at radius 2 is 2.06 bits per heavy atom. The molecule has 0 spiro atoms. The van der Waals surface area contributed by atoms with Crippen molar-refractivity contribution in [1.29, 1.82) is 0 Å². The summed E-state index contributed by atoms with van der Waals surface area (Å²) < 4.78 is 1.71. The van der Waals surface area contributed by atoms with Gasteiger partial charge in [-0.25, -0.2) is 0 Å². The lowest BCUT2D eigenvalue weighted by atomic mass is 9.74. The number of aryl methyl sites for hydroxylation is 1. The van der Waals surface area contributed by atoms with Crippen LogP contribution in [0.2, 0.25) is 0 Å². The summed E-state index contributed by atoms with van der Waals surface area (Å²) in [5, 5.41) is 6.93. The summed E-state index contributed by atoms with van der Waals surface area (Å²) in [6.07, 6.45) is 3.61. The minimum Gasteiger partial charge on any atom is -0.351 e. The standard InChI is InChI=1S/C12H22N4O/c1-11(2,12(3,4)13)10(17)14-6-9-7-15-16(5)8-9/h7-8H,6,13H2,1-5H3,(H,14,17). The van der Waals surface area contributed by atoms with E-state index in [1.165, 1.54) is 0 Å². The molecule has 0 aliphatic carbocycles. The fourth-order valence-corrected chi connectivity index (χ4v) is 1.26. The Labute approximate surface area is 102 Å². The van der Waals surface area contributed by atoms with E-state index in [-0.39, 0.29) is 5.91 Å². The molecule has 96 valence electrons. The van der Waals surface area contributed by atoms with Crippen LogP contribution in [0, 0.1) is 5.41 Å². The molecular weight excluding hydrogens is 216 g/mol. The topological polar surface area (TPSA) is 72.9 Å². The van der Waals surface area contributed by atoms with Crippen molar-refractivity contribution >= 4 is 5.91 Å². The fraction of sp³-hybridized carbons (Fsp3) is 0.667. The van der Waals surface area contributed by atoms with Gasteiger partial charge < -0.3 is 11.1 Å². The molecule has 5 nitrogen and oxygen atoms in total. The predicted molar refractivity (Wildman–Crippen MR) is 67.1 cm³/mol. The molecule has 1 amide bonds. The predicted octanol–water partition coefficient (Wildman–Crippen LogP) is 0.800. The lowest BCUT2D eigenvalue weighted by Crippen LogP contribution is -2.55. The number of amides is 1. The molecule has 1 aromatic rings. The molecule has 0 aliphatic rings. The number of nitrogens with two attached hydrogens (primary N) is 1. The molecule has 5 heteroatoms. The molecule has 1 rings (SSSR count). The Kier molecular flexibility index (Phi) is 3.62. The zero-order chi connectivity index (χ0) is 13.3. The van der Waals surface area contributed by atoms with Crippen LogP contribution >= 0.6 is 0 Å². The molecule has 0 radical (unpaired) electrons. The third kappa shape index (κ3) is 3.06. The van der Waals surface area contributed by atoms with Crippen molar-refractivity contribution in [2.45, 2.75) is 39.8 Å². The summed E-state index contributed by atoms with van der Waals surface area (Å²) in [4.78, 5) is 12.1. The summed E-state index contributed by atoms with van der Waals surface area (Å²) in [5.41, 5.74) is 5.81. The first kappa shape index (κ1) is 13.7. The number of aromatic nitrogens is 2. The highest BCUT2D eigenvalue weighted by Gasteiger charge is 2.40. The molecule has 1 aromatic heterocycles. The average molecular weight is 238 g/mol. The van der Waals surface area contributed by atoms with E-state index >= 15 is 0 Å². The van der Waals surface area contributed by atoms with Crippen LogP contribution < -0.4 is 11.1 Å². The van der Waals surface area contributed by atoms with Crippen molar-refractivity contribution in [3.63, 3.8) is 0 Å². The van der Waals surface area contributed by atoms with Crippen molar-refractivity contribution in [2.24, 2.45) is 18.2 Å². The van der Waals surface area contributed by atoms with E-state index in [1.54, 1.807) is 10.9 Å². The second-order valence-corrected chi connectivity index (χ2v) is 5.55. The second-order valence-electron chi connectivity index (χ2n) is 5.55. The van der Waals surface area contributed by atoms with Gasteiger partial charge >= 0.3 is 0 Å². The van der Waals surface area contributed by atoms with Gasteiger partial charge in [0, 0.05) is 30.9 Å². The molecule has 3 N–H and O–H groups in total. The molecule has 0 saturated carbocycles. The smallest absolute Gasteiger partial charge is 0.227 e. The molecule has 17 heavy (non-hydrogen) atoms. The maximum Gasteiger partial charge on any atom is 0.227 e. The van der Waals surface area contributed by atoms with Gasteiger partial charge in [0.1, 0.15) is 0 Å². The molecule has 0 unspecified atom stereocenters. The van der Waals surface area contributed by atoms with Gasteiger partial charge in [-0.2, -0.15) is 5.10 Å². The number of nitrogens with one attached hydrogen (secondary N) is 1. The number of carbonyl (C=O) groups is 1. The summed E-state index contributed by atoms with van der Waals surface area (Å²) in [6.45, 7) is 7.90. The molecule has 1 heterocycles. The number of hydrogen-bond donors (Lipinski definition) is 2. The van der Waals surface area contributed by atoms with E-state index in [0.717, 1.165) is 5.56 Å². The van der Waals surface area contributed by atoms with Crippen LogP contribution in [0.25, 0.3) is 0 Å². The maximum atomic E-state index is 12.1. The van der Waals surface area contributed by atoms with Crippen LogP contribution in [0.4, 0.5) is 0 Å². The van der Waals surface area contributed by atoms with E-state index in [1.807, 2.05) is 40.9 Å². The number of rotatable bonds is 4. The summed E-state index contributed by atoms with van der Waals surface area (Å²) >= 11 is 0.